The highest BCUT2D eigenvalue weighted by Crippen LogP contribution is 2.23. The van der Waals surface area contributed by atoms with E-state index in [-0.39, 0.29) is 11.9 Å². The lowest BCUT2D eigenvalue weighted by Gasteiger charge is -2.23. The third-order valence-corrected chi connectivity index (χ3v) is 4.06. The largest absolute Gasteiger partial charge is 0.354 e. The van der Waals surface area contributed by atoms with Crippen LogP contribution in [0.2, 0.25) is 0 Å². The molecule has 22 heavy (non-hydrogen) atoms. The molecule has 1 N–H and O–H groups in total. The van der Waals surface area contributed by atoms with Gasteiger partial charge in [0.05, 0.1) is 6.04 Å². The first-order valence-electron chi connectivity index (χ1n) is 8.10. The maximum absolute atomic E-state index is 12.1. The van der Waals surface area contributed by atoms with E-state index in [1.165, 1.54) is 0 Å². The molecule has 3 heterocycles. The van der Waals surface area contributed by atoms with Gasteiger partial charge in [-0.2, -0.15) is 5.10 Å². The van der Waals surface area contributed by atoms with Gasteiger partial charge < -0.3 is 9.88 Å². The Morgan fingerprint density at radius 1 is 1.41 bits per heavy atom. The van der Waals surface area contributed by atoms with Crippen LogP contribution in [-0.2, 0) is 24.3 Å². The molecule has 0 aromatic carbocycles. The lowest BCUT2D eigenvalue weighted by Crippen LogP contribution is -2.33. The van der Waals surface area contributed by atoms with Crippen molar-refractivity contribution in [2.45, 2.75) is 58.2 Å². The van der Waals surface area contributed by atoms with Crippen molar-refractivity contribution in [1.82, 2.24) is 24.6 Å². The number of aryl methyl sites for hydroxylation is 3. The molecule has 118 valence electrons. The number of amides is 1. The van der Waals surface area contributed by atoms with Gasteiger partial charge in [-0.15, -0.1) is 0 Å². The van der Waals surface area contributed by atoms with Crippen molar-refractivity contribution in [3.05, 3.63) is 36.2 Å². The maximum Gasteiger partial charge on any atom is 0.220 e. The summed E-state index contributed by atoms with van der Waals surface area (Å²) in [7, 11) is 0. The highest BCUT2D eigenvalue weighted by Gasteiger charge is 2.25. The maximum atomic E-state index is 12.1. The third kappa shape index (κ3) is 3.37. The van der Waals surface area contributed by atoms with Gasteiger partial charge in [-0.25, -0.2) is 9.67 Å². The van der Waals surface area contributed by atoms with E-state index < -0.39 is 0 Å². The van der Waals surface area contributed by atoms with Gasteiger partial charge in [0.25, 0.3) is 0 Å². The van der Waals surface area contributed by atoms with E-state index in [4.69, 9.17) is 0 Å². The summed E-state index contributed by atoms with van der Waals surface area (Å²) < 4.78 is 4.05. The van der Waals surface area contributed by atoms with Crippen molar-refractivity contribution in [3.8, 4) is 0 Å². The predicted molar refractivity (Wildman–Crippen MR) is 83.2 cm³/mol. The average Bonchev–Trinajstić information content (AvgIpc) is 3.16. The van der Waals surface area contributed by atoms with Crippen molar-refractivity contribution in [1.29, 1.82) is 0 Å². The number of nitrogens with one attached hydrogen (secondary N) is 1. The first-order chi connectivity index (χ1) is 10.8. The number of rotatable bonds is 6. The van der Waals surface area contributed by atoms with Crippen LogP contribution in [-0.4, -0.2) is 25.2 Å². The molecule has 1 amide bonds. The van der Waals surface area contributed by atoms with Crippen molar-refractivity contribution >= 4 is 5.91 Å². The highest BCUT2D eigenvalue weighted by atomic mass is 16.1. The number of aromatic nitrogens is 4. The van der Waals surface area contributed by atoms with Crippen LogP contribution in [0.25, 0.3) is 0 Å². The predicted octanol–water partition coefficient (Wildman–Crippen LogP) is 2.07. The normalized spacial score (nSPS) is 17.2. The average molecular weight is 301 g/mol. The Morgan fingerprint density at radius 3 is 3.00 bits per heavy atom. The molecule has 0 aliphatic carbocycles. The number of hydrogen-bond acceptors (Lipinski definition) is 3. The van der Waals surface area contributed by atoms with Gasteiger partial charge in [0.1, 0.15) is 5.82 Å². The fourth-order valence-electron chi connectivity index (χ4n) is 2.89. The molecule has 0 saturated carbocycles. The summed E-state index contributed by atoms with van der Waals surface area (Å²) in [5.41, 5.74) is 0. The molecule has 1 aliphatic rings. The minimum atomic E-state index is 0.0145. The quantitative estimate of drug-likeness (QED) is 0.888. The summed E-state index contributed by atoms with van der Waals surface area (Å²) in [6, 6.07) is 4.01. The fourth-order valence-corrected chi connectivity index (χ4v) is 2.89. The Labute approximate surface area is 130 Å². The SMILES string of the molecule is CCc1nc2n(n1)CCC[C@@H]2NC(=O)CCCn1cccc1. The summed E-state index contributed by atoms with van der Waals surface area (Å²) in [6.45, 7) is 3.83. The number of hydrogen-bond donors (Lipinski definition) is 1. The zero-order valence-electron chi connectivity index (χ0n) is 13.0. The third-order valence-electron chi connectivity index (χ3n) is 4.06. The summed E-state index contributed by atoms with van der Waals surface area (Å²) in [6.07, 6.45) is 8.25. The van der Waals surface area contributed by atoms with Crippen molar-refractivity contribution < 1.29 is 4.79 Å². The number of carbonyl (C=O) groups excluding carboxylic acids is 1. The molecule has 6 nitrogen and oxygen atoms in total. The monoisotopic (exact) mass is 301 g/mol. The molecule has 2 aromatic heterocycles. The zero-order valence-corrected chi connectivity index (χ0v) is 13.0. The van der Waals surface area contributed by atoms with Crippen LogP contribution >= 0.6 is 0 Å². The van der Waals surface area contributed by atoms with Crippen molar-refractivity contribution in [3.63, 3.8) is 0 Å². The van der Waals surface area contributed by atoms with Crippen LogP contribution in [0.5, 0.6) is 0 Å². The Balaban J connectivity index is 1.52. The Kier molecular flexibility index (Phi) is 4.56. The topological polar surface area (TPSA) is 64.7 Å². The van der Waals surface area contributed by atoms with Gasteiger partial charge in [-0.05, 0) is 31.4 Å². The van der Waals surface area contributed by atoms with Crippen molar-refractivity contribution in [2.24, 2.45) is 0 Å². The second-order valence-corrected chi connectivity index (χ2v) is 5.75. The van der Waals surface area contributed by atoms with E-state index in [0.29, 0.717) is 6.42 Å². The van der Waals surface area contributed by atoms with Crippen molar-refractivity contribution in [2.75, 3.05) is 0 Å². The molecular formula is C16H23N5O. The standard InChI is InChI=1S/C16H23N5O/c1-2-14-18-16-13(7-5-12-21(16)19-14)17-15(22)8-6-11-20-9-3-4-10-20/h3-4,9-10,13H,2,5-8,11-12H2,1H3,(H,17,22)/t13-/m0/s1. The molecule has 6 heteroatoms. The smallest absolute Gasteiger partial charge is 0.220 e. The Bertz CT molecular complexity index is 617. The van der Waals surface area contributed by atoms with Gasteiger partial charge in [0.2, 0.25) is 5.91 Å². The summed E-state index contributed by atoms with van der Waals surface area (Å²) >= 11 is 0. The molecule has 1 aliphatic heterocycles. The van der Waals surface area contributed by atoms with Gasteiger partial charge in [-0.1, -0.05) is 6.92 Å². The molecule has 0 saturated heterocycles. The van der Waals surface area contributed by atoms with Crippen LogP contribution < -0.4 is 5.32 Å². The molecule has 3 rings (SSSR count). The Hall–Kier alpha value is -2.11. The van der Waals surface area contributed by atoms with Gasteiger partial charge in [0, 0.05) is 38.3 Å². The van der Waals surface area contributed by atoms with Crippen LogP contribution in [0.3, 0.4) is 0 Å². The molecule has 1 atom stereocenters. The van der Waals surface area contributed by atoms with Gasteiger partial charge in [0.15, 0.2) is 5.82 Å². The molecule has 0 spiro atoms. The van der Waals surface area contributed by atoms with Crippen LogP contribution in [0.1, 0.15) is 50.3 Å². The summed E-state index contributed by atoms with van der Waals surface area (Å²) in [5, 5.41) is 7.59. The minimum absolute atomic E-state index is 0.0145. The van der Waals surface area contributed by atoms with E-state index in [9.17, 15) is 4.79 Å². The Morgan fingerprint density at radius 2 is 2.23 bits per heavy atom. The second-order valence-electron chi connectivity index (χ2n) is 5.75. The molecule has 0 fully saturated rings. The van der Waals surface area contributed by atoms with Crippen LogP contribution in [0.15, 0.2) is 24.5 Å². The highest BCUT2D eigenvalue weighted by molar-refractivity contribution is 5.76. The number of fused-ring (bicyclic) bond motifs is 1. The lowest BCUT2D eigenvalue weighted by atomic mass is 10.1. The molecule has 0 unspecified atom stereocenters. The van der Waals surface area contributed by atoms with Crippen LogP contribution in [0, 0.1) is 0 Å². The van der Waals surface area contributed by atoms with E-state index in [1.807, 2.05) is 29.2 Å². The number of carbonyl (C=O) groups is 1. The van der Waals surface area contributed by atoms with Gasteiger partial charge in [-0.3, -0.25) is 4.79 Å². The molecule has 2 aromatic rings. The van der Waals surface area contributed by atoms with E-state index in [1.54, 1.807) is 0 Å². The lowest BCUT2D eigenvalue weighted by molar-refractivity contribution is -0.122. The van der Waals surface area contributed by atoms with E-state index in [0.717, 1.165) is 50.4 Å². The minimum Gasteiger partial charge on any atom is -0.354 e. The first kappa shape index (κ1) is 14.8. The zero-order chi connectivity index (χ0) is 15.4. The second kappa shape index (κ2) is 6.77. The van der Waals surface area contributed by atoms with Crippen LogP contribution in [0.4, 0.5) is 0 Å². The summed E-state index contributed by atoms with van der Waals surface area (Å²) in [5.74, 6) is 1.89. The summed E-state index contributed by atoms with van der Waals surface area (Å²) in [4.78, 5) is 16.7. The molecular weight excluding hydrogens is 278 g/mol. The fraction of sp³-hybridized carbons (Fsp3) is 0.562. The molecule has 0 radical (unpaired) electrons. The van der Waals surface area contributed by atoms with E-state index in [2.05, 4.69) is 26.9 Å². The van der Waals surface area contributed by atoms with Gasteiger partial charge >= 0.3 is 0 Å². The number of nitrogens with zero attached hydrogens (tertiary/aromatic N) is 4. The van der Waals surface area contributed by atoms with E-state index >= 15 is 0 Å². The first-order valence-corrected chi connectivity index (χ1v) is 8.10. The molecule has 0 bridgehead atoms.